The van der Waals surface area contributed by atoms with Crippen LogP contribution in [0.3, 0.4) is 0 Å². The lowest BCUT2D eigenvalue weighted by Gasteiger charge is -2.25. The number of carbonyl (C=O) groups excluding carboxylic acids is 1. The minimum atomic E-state index is 0.0645. The molecule has 0 saturated carbocycles. The molecule has 0 aliphatic carbocycles. The molecule has 0 N–H and O–H groups in total. The monoisotopic (exact) mass is 365 g/mol. The van der Waals surface area contributed by atoms with Gasteiger partial charge in [-0.2, -0.15) is 0 Å². The Morgan fingerprint density at radius 1 is 1.07 bits per heavy atom. The van der Waals surface area contributed by atoms with E-state index in [1.165, 1.54) is 12.0 Å². The van der Waals surface area contributed by atoms with E-state index in [2.05, 4.69) is 18.2 Å². The van der Waals surface area contributed by atoms with E-state index >= 15 is 0 Å². The summed E-state index contributed by atoms with van der Waals surface area (Å²) in [7, 11) is 1.87. The maximum absolute atomic E-state index is 12.7. The molecule has 0 radical (unpaired) electrons. The van der Waals surface area contributed by atoms with Gasteiger partial charge in [-0.05, 0) is 60.6 Å². The second kappa shape index (κ2) is 8.13. The zero-order valence-corrected chi connectivity index (χ0v) is 15.9. The number of carbonyl (C=O) groups is 1. The highest BCUT2D eigenvalue weighted by molar-refractivity contribution is 5.94. The van der Waals surface area contributed by atoms with Crippen molar-refractivity contribution in [1.82, 2.24) is 4.90 Å². The summed E-state index contributed by atoms with van der Waals surface area (Å²) in [5.74, 6) is 1.05. The molecule has 4 rings (SSSR count). The Morgan fingerprint density at radius 3 is 2.67 bits per heavy atom. The van der Waals surface area contributed by atoms with Crippen molar-refractivity contribution in [2.45, 2.75) is 38.2 Å². The molecule has 2 aromatic carbocycles. The first-order valence-corrected chi connectivity index (χ1v) is 9.94. The molecule has 4 heteroatoms. The molecule has 4 nitrogen and oxygen atoms in total. The average Bonchev–Trinajstić information content (AvgIpc) is 3.20. The highest BCUT2D eigenvalue weighted by atomic mass is 16.5. The molecule has 1 saturated heterocycles. The van der Waals surface area contributed by atoms with Crippen molar-refractivity contribution in [2.24, 2.45) is 0 Å². The number of fused-ring (bicyclic) bond motifs is 1. The lowest BCUT2D eigenvalue weighted by molar-refractivity contribution is 0.00709. The van der Waals surface area contributed by atoms with E-state index in [0.717, 1.165) is 67.9 Å². The van der Waals surface area contributed by atoms with Gasteiger partial charge in [0, 0.05) is 32.2 Å². The minimum Gasteiger partial charge on any atom is -0.493 e. The molecule has 2 aromatic rings. The Kier molecular flexibility index (Phi) is 5.44. The average molecular weight is 365 g/mol. The number of rotatable bonds is 5. The Balaban J connectivity index is 1.38. The molecule has 142 valence electrons. The number of benzene rings is 2. The molecule has 27 heavy (non-hydrogen) atoms. The summed E-state index contributed by atoms with van der Waals surface area (Å²) in [5, 5.41) is 0. The van der Waals surface area contributed by atoms with Crippen LogP contribution in [0.4, 0.5) is 0 Å². The van der Waals surface area contributed by atoms with E-state index in [9.17, 15) is 4.79 Å². The zero-order chi connectivity index (χ0) is 18.6. The van der Waals surface area contributed by atoms with Crippen molar-refractivity contribution in [3.63, 3.8) is 0 Å². The maximum atomic E-state index is 12.7. The Morgan fingerprint density at radius 2 is 1.89 bits per heavy atom. The molecule has 2 aliphatic rings. The lowest BCUT2D eigenvalue weighted by atomic mass is 10.0. The molecular weight excluding hydrogens is 338 g/mol. The summed E-state index contributed by atoms with van der Waals surface area (Å²) in [5.41, 5.74) is 4.22. The predicted octanol–water partition coefficient (Wildman–Crippen LogP) is 4.32. The molecule has 0 aromatic heterocycles. The van der Waals surface area contributed by atoms with E-state index < -0.39 is 0 Å². The first-order chi connectivity index (χ1) is 13.2. The van der Waals surface area contributed by atoms with Crippen LogP contribution >= 0.6 is 0 Å². The van der Waals surface area contributed by atoms with Crippen LogP contribution < -0.4 is 4.74 Å². The molecule has 1 atom stereocenters. The maximum Gasteiger partial charge on any atom is 0.253 e. The van der Waals surface area contributed by atoms with Crippen LogP contribution in [0.1, 0.15) is 41.6 Å². The summed E-state index contributed by atoms with van der Waals surface area (Å²) in [4.78, 5) is 14.5. The summed E-state index contributed by atoms with van der Waals surface area (Å²) in [6.07, 6.45) is 5.71. The number of nitrogens with zero attached hydrogens (tertiary/aromatic N) is 1. The van der Waals surface area contributed by atoms with Gasteiger partial charge in [-0.3, -0.25) is 4.79 Å². The van der Waals surface area contributed by atoms with Crippen LogP contribution in [0.15, 0.2) is 42.5 Å². The van der Waals surface area contributed by atoms with E-state index in [-0.39, 0.29) is 5.91 Å². The van der Waals surface area contributed by atoms with E-state index in [1.807, 2.05) is 31.3 Å². The van der Waals surface area contributed by atoms with Gasteiger partial charge in [0.15, 0.2) is 0 Å². The van der Waals surface area contributed by atoms with Gasteiger partial charge in [0.25, 0.3) is 5.91 Å². The summed E-state index contributed by atoms with van der Waals surface area (Å²) in [6.45, 7) is 2.36. The van der Waals surface area contributed by atoms with Gasteiger partial charge in [-0.25, -0.2) is 0 Å². The quantitative estimate of drug-likeness (QED) is 0.792. The van der Waals surface area contributed by atoms with Crippen LogP contribution in [-0.4, -0.2) is 43.7 Å². The fourth-order valence-electron chi connectivity index (χ4n) is 3.85. The van der Waals surface area contributed by atoms with Crippen molar-refractivity contribution in [1.29, 1.82) is 0 Å². The molecule has 0 unspecified atom stereocenters. The van der Waals surface area contributed by atoms with Crippen LogP contribution in [-0.2, 0) is 11.2 Å². The highest BCUT2D eigenvalue weighted by Gasteiger charge is 2.18. The second-order valence-corrected chi connectivity index (χ2v) is 7.50. The van der Waals surface area contributed by atoms with Gasteiger partial charge in [-0.1, -0.05) is 24.3 Å². The van der Waals surface area contributed by atoms with E-state index in [0.29, 0.717) is 6.10 Å². The Labute approximate surface area is 161 Å². The van der Waals surface area contributed by atoms with Crippen LogP contribution in [0, 0.1) is 0 Å². The number of hydrogen-bond acceptors (Lipinski definition) is 3. The fraction of sp³-hybridized carbons (Fsp3) is 0.435. The molecule has 0 bridgehead atoms. The van der Waals surface area contributed by atoms with Gasteiger partial charge >= 0.3 is 0 Å². The number of hydrogen-bond donors (Lipinski definition) is 0. The normalized spacial score (nSPS) is 18.6. The zero-order valence-electron chi connectivity index (χ0n) is 15.9. The Bertz CT molecular complexity index is 794. The second-order valence-electron chi connectivity index (χ2n) is 7.50. The first-order valence-electron chi connectivity index (χ1n) is 9.94. The van der Waals surface area contributed by atoms with Gasteiger partial charge < -0.3 is 14.4 Å². The largest absolute Gasteiger partial charge is 0.493 e. The molecule has 2 heterocycles. The SMILES string of the molecule is CN(CC[C@@H]1CCCCO1)C(=O)c1ccc(-c2ccc3c(c2)OCC3)cc1. The van der Waals surface area contributed by atoms with Crippen LogP contribution in [0.5, 0.6) is 5.75 Å². The third-order valence-corrected chi connectivity index (χ3v) is 5.57. The molecule has 0 spiro atoms. The van der Waals surface area contributed by atoms with E-state index in [1.54, 1.807) is 4.90 Å². The number of ether oxygens (including phenoxy) is 2. The van der Waals surface area contributed by atoms with Gasteiger partial charge in [-0.15, -0.1) is 0 Å². The van der Waals surface area contributed by atoms with Gasteiger partial charge in [0.2, 0.25) is 0 Å². The smallest absolute Gasteiger partial charge is 0.253 e. The van der Waals surface area contributed by atoms with Crippen molar-refractivity contribution in [3.05, 3.63) is 53.6 Å². The van der Waals surface area contributed by atoms with E-state index in [4.69, 9.17) is 9.47 Å². The molecule has 2 aliphatic heterocycles. The molecule has 1 fully saturated rings. The van der Waals surface area contributed by atoms with Crippen LogP contribution in [0.25, 0.3) is 11.1 Å². The summed E-state index contributed by atoms with van der Waals surface area (Å²) >= 11 is 0. The summed E-state index contributed by atoms with van der Waals surface area (Å²) in [6, 6.07) is 14.2. The fourth-order valence-corrected chi connectivity index (χ4v) is 3.85. The molecular formula is C23H27NO3. The minimum absolute atomic E-state index is 0.0645. The van der Waals surface area contributed by atoms with Gasteiger partial charge in [0.1, 0.15) is 5.75 Å². The van der Waals surface area contributed by atoms with Crippen molar-refractivity contribution < 1.29 is 14.3 Å². The topological polar surface area (TPSA) is 38.8 Å². The van der Waals surface area contributed by atoms with Crippen LogP contribution in [0.2, 0.25) is 0 Å². The standard InChI is InChI=1S/C23H27NO3/c1-24(13-11-21-4-2-3-14-26-21)23(25)19-8-5-17(6-9-19)20-10-7-18-12-15-27-22(18)16-20/h5-10,16,21H,2-4,11-15H2,1H3/t21-/m0/s1. The Hall–Kier alpha value is -2.33. The first kappa shape index (κ1) is 18.1. The third kappa shape index (κ3) is 4.16. The third-order valence-electron chi connectivity index (χ3n) is 5.57. The van der Waals surface area contributed by atoms with Crippen molar-refractivity contribution in [3.8, 4) is 16.9 Å². The van der Waals surface area contributed by atoms with Crippen molar-refractivity contribution >= 4 is 5.91 Å². The predicted molar refractivity (Wildman–Crippen MR) is 106 cm³/mol. The number of amides is 1. The summed E-state index contributed by atoms with van der Waals surface area (Å²) < 4.78 is 11.4. The highest BCUT2D eigenvalue weighted by Crippen LogP contribution is 2.31. The lowest BCUT2D eigenvalue weighted by Crippen LogP contribution is -2.31. The molecule has 1 amide bonds. The van der Waals surface area contributed by atoms with Gasteiger partial charge in [0.05, 0.1) is 12.7 Å². The van der Waals surface area contributed by atoms with Crippen molar-refractivity contribution in [2.75, 3.05) is 26.8 Å².